The van der Waals surface area contributed by atoms with Crippen molar-refractivity contribution in [3.63, 3.8) is 0 Å². The van der Waals surface area contributed by atoms with E-state index >= 15 is 0 Å². The summed E-state index contributed by atoms with van der Waals surface area (Å²) in [5, 5.41) is 3.38. The molecule has 1 fully saturated rings. The van der Waals surface area contributed by atoms with Crippen molar-refractivity contribution in [3.05, 3.63) is 70.8 Å². The minimum Gasteiger partial charge on any atom is -0.379 e. The van der Waals surface area contributed by atoms with Crippen molar-refractivity contribution in [2.75, 3.05) is 51.3 Å². The molecule has 5 heteroatoms. The zero-order chi connectivity index (χ0) is 27.3. The van der Waals surface area contributed by atoms with Crippen molar-refractivity contribution in [2.24, 2.45) is 0 Å². The van der Waals surface area contributed by atoms with Crippen LogP contribution in [0.25, 0.3) is 6.08 Å². The van der Waals surface area contributed by atoms with E-state index < -0.39 is 0 Å². The third kappa shape index (κ3) is 9.28. The Morgan fingerprint density at radius 2 is 1.63 bits per heavy atom. The second kappa shape index (κ2) is 15.7. The highest BCUT2D eigenvalue weighted by molar-refractivity contribution is 5.91. The fourth-order valence-corrected chi connectivity index (χ4v) is 5.05. The summed E-state index contributed by atoms with van der Waals surface area (Å²) in [4.78, 5) is 18.4. The summed E-state index contributed by atoms with van der Waals surface area (Å²) < 4.78 is 5.55. The van der Waals surface area contributed by atoms with Gasteiger partial charge in [-0.1, -0.05) is 108 Å². The topological polar surface area (TPSA) is 44.8 Å². The summed E-state index contributed by atoms with van der Waals surface area (Å²) in [5.41, 5.74) is 5.88. The van der Waals surface area contributed by atoms with Gasteiger partial charge < -0.3 is 15.0 Å². The molecule has 0 atom stereocenters. The molecule has 2 amide bonds. The van der Waals surface area contributed by atoms with Crippen LogP contribution in [0.3, 0.4) is 0 Å². The summed E-state index contributed by atoms with van der Waals surface area (Å²) in [7, 11) is 0. The molecule has 3 rings (SSSR count). The molecule has 1 N–H and O–H groups in total. The Balaban J connectivity index is 1.88. The largest absolute Gasteiger partial charge is 0.379 e. The van der Waals surface area contributed by atoms with Crippen LogP contribution in [-0.4, -0.2) is 61.8 Å². The van der Waals surface area contributed by atoms with Crippen molar-refractivity contribution in [3.8, 4) is 0 Å². The standard InChI is InChI=1S/C33H49N3O2/c1-6-7-9-15-29(24-28-13-10-8-11-14-28)25-36(19-18-35-20-22-38-23-21-35)33(37)34-32-30(26(2)3)16-12-17-31(32)27(4)5/h8,10-14,16-17,24,26-27H,6-7,9,15,18-23,25H2,1-5H3,(H,34,37). The second-order valence-corrected chi connectivity index (χ2v) is 11.1. The molecule has 5 nitrogen and oxygen atoms in total. The zero-order valence-corrected chi connectivity index (χ0v) is 24.3. The van der Waals surface area contributed by atoms with Gasteiger partial charge in [-0.15, -0.1) is 0 Å². The zero-order valence-electron chi connectivity index (χ0n) is 24.3. The number of ether oxygens (including phenoxy) is 1. The highest BCUT2D eigenvalue weighted by Gasteiger charge is 2.22. The fourth-order valence-electron chi connectivity index (χ4n) is 5.05. The first-order valence-corrected chi connectivity index (χ1v) is 14.6. The van der Waals surface area contributed by atoms with Gasteiger partial charge in [0.25, 0.3) is 0 Å². The number of rotatable bonds is 13. The first-order valence-electron chi connectivity index (χ1n) is 14.6. The minimum absolute atomic E-state index is 0.0114. The summed E-state index contributed by atoms with van der Waals surface area (Å²) in [6, 6.07) is 16.9. The Kier molecular flexibility index (Phi) is 12.4. The average Bonchev–Trinajstić information content (AvgIpc) is 2.92. The van der Waals surface area contributed by atoms with E-state index in [1.54, 1.807) is 0 Å². The maximum absolute atomic E-state index is 14.0. The van der Waals surface area contributed by atoms with Gasteiger partial charge in [0, 0.05) is 38.4 Å². The van der Waals surface area contributed by atoms with Crippen molar-refractivity contribution in [1.82, 2.24) is 9.80 Å². The number of para-hydroxylation sites is 1. The van der Waals surface area contributed by atoms with E-state index in [1.165, 1.54) is 35.1 Å². The Labute approximate surface area is 231 Å². The summed E-state index contributed by atoms with van der Waals surface area (Å²) in [6.45, 7) is 16.6. The number of urea groups is 1. The first-order chi connectivity index (χ1) is 18.4. The first kappa shape index (κ1) is 29.9. The lowest BCUT2D eigenvalue weighted by Crippen LogP contribution is -2.45. The Hall–Kier alpha value is -2.63. The second-order valence-electron chi connectivity index (χ2n) is 11.1. The van der Waals surface area contributed by atoms with Gasteiger partial charge in [-0.2, -0.15) is 0 Å². The van der Waals surface area contributed by atoms with Gasteiger partial charge in [0.2, 0.25) is 0 Å². The third-order valence-corrected chi connectivity index (χ3v) is 7.35. The number of nitrogens with zero attached hydrogens (tertiary/aromatic N) is 2. The van der Waals surface area contributed by atoms with Gasteiger partial charge in [-0.25, -0.2) is 4.79 Å². The van der Waals surface area contributed by atoms with Gasteiger partial charge in [-0.3, -0.25) is 4.90 Å². The summed E-state index contributed by atoms with van der Waals surface area (Å²) in [5.74, 6) is 0.654. The number of carbonyl (C=O) groups excluding carboxylic acids is 1. The number of unbranched alkanes of at least 4 members (excludes halogenated alkanes) is 2. The van der Waals surface area contributed by atoms with Gasteiger partial charge in [-0.05, 0) is 41.4 Å². The van der Waals surface area contributed by atoms with Crippen molar-refractivity contribution in [1.29, 1.82) is 0 Å². The molecule has 1 aliphatic heterocycles. The number of carbonyl (C=O) groups is 1. The van der Waals surface area contributed by atoms with Crippen LogP contribution in [0.4, 0.5) is 10.5 Å². The molecule has 0 aromatic heterocycles. The van der Waals surface area contributed by atoms with Crippen LogP contribution in [-0.2, 0) is 4.74 Å². The van der Waals surface area contributed by atoms with Crippen molar-refractivity contribution < 1.29 is 9.53 Å². The quantitative estimate of drug-likeness (QED) is 0.275. The SMILES string of the molecule is CCCCCC(=Cc1ccccc1)CN(CCN1CCOCC1)C(=O)Nc1c(C(C)C)cccc1C(C)C. The Morgan fingerprint density at radius 1 is 0.974 bits per heavy atom. The lowest BCUT2D eigenvalue weighted by molar-refractivity contribution is 0.0354. The molecule has 38 heavy (non-hydrogen) atoms. The molecular weight excluding hydrogens is 470 g/mol. The summed E-state index contributed by atoms with van der Waals surface area (Å²) >= 11 is 0. The third-order valence-electron chi connectivity index (χ3n) is 7.35. The highest BCUT2D eigenvalue weighted by atomic mass is 16.5. The normalized spacial score (nSPS) is 14.8. The molecular formula is C33H49N3O2. The number of anilines is 1. The average molecular weight is 520 g/mol. The van der Waals surface area contributed by atoms with E-state index in [1.807, 2.05) is 4.90 Å². The summed E-state index contributed by atoms with van der Waals surface area (Å²) in [6.07, 6.45) is 6.81. The predicted octanol–water partition coefficient (Wildman–Crippen LogP) is 7.76. The van der Waals surface area contributed by atoms with Crippen LogP contribution in [0.2, 0.25) is 0 Å². The molecule has 0 spiro atoms. The smallest absolute Gasteiger partial charge is 0.322 e. The van der Waals surface area contributed by atoms with E-state index in [4.69, 9.17) is 4.74 Å². The number of amides is 2. The van der Waals surface area contributed by atoms with Crippen LogP contribution >= 0.6 is 0 Å². The minimum atomic E-state index is -0.0114. The van der Waals surface area contributed by atoms with Crippen molar-refractivity contribution >= 4 is 17.8 Å². The maximum atomic E-state index is 14.0. The molecule has 0 aliphatic carbocycles. The fraction of sp³-hybridized carbons (Fsp3) is 0.545. The Morgan fingerprint density at radius 3 is 2.24 bits per heavy atom. The number of hydrogen-bond acceptors (Lipinski definition) is 3. The van der Waals surface area contributed by atoms with E-state index in [2.05, 4.69) is 99.4 Å². The van der Waals surface area contributed by atoms with Gasteiger partial charge in [0.15, 0.2) is 0 Å². The molecule has 2 aromatic rings. The van der Waals surface area contributed by atoms with Gasteiger partial charge >= 0.3 is 6.03 Å². The van der Waals surface area contributed by atoms with Gasteiger partial charge in [0.1, 0.15) is 0 Å². The van der Waals surface area contributed by atoms with Crippen LogP contribution in [0.1, 0.15) is 88.8 Å². The Bertz CT molecular complexity index is 984. The van der Waals surface area contributed by atoms with Crippen LogP contribution < -0.4 is 5.32 Å². The lowest BCUT2D eigenvalue weighted by atomic mass is 9.93. The predicted molar refractivity (Wildman–Crippen MR) is 161 cm³/mol. The molecule has 0 saturated carbocycles. The van der Waals surface area contributed by atoms with Crippen LogP contribution in [0.15, 0.2) is 54.1 Å². The van der Waals surface area contributed by atoms with E-state index in [-0.39, 0.29) is 6.03 Å². The number of morpholine rings is 1. The molecule has 1 aliphatic rings. The molecule has 0 bridgehead atoms. The van der Waals surface area contributed by atoms with Crippen molar-refractivity contribution in [2.45, 2.75) is 72.1 Å². The molecule has 2 aromatic carbocycles. The highest BCUT2D eigenvalue weighted by Crippen LogP contribution is 2.32. The van der Waals surface area contributed by atoms with Crippen LogP contribution in [0.5, 0.6) is 0 Å². The number of benzene rings is 2. The number of nitrogens with one attached hydrogen (secondary N) is 1. The molecule has 208 valence electrons. The molecule has 1 heterocycles. The van der Waals surface area contributed by atoms with E-state index in [9.17, 15) is 4.79 Å². The number of hydrogen-bond donors (Lipinski definition) is 1. The molecule has 0 radical (unpaired) electrons. The lowest BCUT2D eigenvalue weighted by Gasteiger charge is -2.31. The maximum Gasteiger partial charge on any atom is 0.322 e. The monoisotopic (exact) mass is 519 g/mol. The molecule has 1 saturated heterocycles. The van der Waals surface area contributed by atoms with Gasteiger partial charge in [0.05, 0.1) is 13.2 Å². The van der Waals surface area contributed by atoms with E-state index in [0.717, 1.165) is 51.4 Å². The van der Waals surface area contributed by atoms with Crippen LogP contribution in [0, 0.1) is 0 Å². The molecule has 0 unspecified atom stereocenters. The van der Waals surface area contributed by atoms with E-state index in [0.29, 0.717) is 24.9 Å².